The van der Waals surface area contributed by atoms with Gasteiger partial charge in [-0.1, -0.05) is 0 Å². The Hall–Kier alpha value is -1.82. The molecule has 1 aliphatic heterocycles. The number of nitrogens with zero attached hydrogens (tertiary/aromatic N) is 3. The number of hydrogen-bond donors (Lipinski definition) is 2. The molecule has 0 unspecified atom stereocenters. The molecule has 0 atom stereocenters. The molecule has 1 saturated heterocycles. The minimum absolute atomic E-state index is 0.168. The average Bonchev–Trinajstić information content (AvgIpc) is 2.52. The Labute approximate surface area is 125 Å². The molecule has 0 spiro atoms. The predicted octanol–water partition coefficient (Wildman–Crippen LogP) is 0.883. The number of pyridine rings is 1. The topological polar surface area (TPSA) is 70.0 Å². The molecule has 1 aliphatic rings. The number of rotatable bonds is 5. The zero-order valence-corrected chi connectivity index (χ0v) is 12.5. The fraction of sp³-hybridized carbons (Fsp3) is 0.600. The number of ether oxygens (including phenoxy) is 1. The molecule has 2 heterocycles. The van der Waals surface area contributed by atoms with E-state index >= 15 is 0 Å². The van der Waals surface area contributed by atoms with E-state index in [2.05, 4.69) is 27.1 Å². The highest BCUT2D eigenvalue weighted by Gasteiger charge is 2.19. The van der Waals surface area contributed by atoms with Crippen LogP contribution in [0, 0.1) is 0 Å². The number of hydrogen-bond acceptors (Lipinski definition) is 4. The van der Waals surface area contributed by atoms with Gasteiger partial charge in [0.15, 0.2) is 5.96 Å². The molecule has 1 fully saturated rings. The summed E-state index contributed by atoms with van der Waals surface area (Å²) in [5.41, 5.74) is 0. The number of nitrogens with one attached hydrogen (secondary N) is 1. The van der Waals surface area contributed by atoms with Crippen molar-refractivity contribution < 1.29 is 9.84 Å². The van der Waals surface area contributed by atoms with E-state index in [1.54, 1.807) is 12.4 Å². The van der Waals surface area contributed by atoms with Gasteiger partial charge in [-0.05, 0) is 31.9 Å². The molecule has 6 nitrogen and oxygen atoms in total. The lowest BCUT2D eigenvalue weighted by Gasteiger charge is -2.32. The normalized spacial score (nSPS) is 16.9. The van der Waals surface area contributed by atoms with Crippen LogP contribution in [0.1, 0.15) is 19.8 Å². The van der Waals surface area contributed by atoms with E-state index in [9.17, 15) is 5.11 Å². The summed E-state index contributed by atoms with van der Waals surface area (Å²) in [6, 6.07) is 3.73. The van der Waals surface area contributed by atoms with Crippen molar-refractivity contribution in [3.8, 4) is 5.75 Å². The van der Waals surface area contributed by atoms with E-state index in [1.165, 1.54) is 0 Å². The first kappa shape index (κ1) is 15.6. The quantitative estimate of drug-likeness (QED) is 0.479. The average molecular weight is 292 g/mol. The van der Waals surface area contributed by atoms with Crippen LogP contribution in [0.5, 0.6) is 5.75 Å². The maximum absolute atomic E-state index is 9.57. The number of piperidine rings is 1. The predicted molar refractivity (Wildman–Crippen MR) is 82.5 cm³/mol. The van der Waals surface area contributed by atoms with Crippen LogP contribution in [0.25, 0.3) is 0 Å². The van der Waals surface area contributed by atoms with Crippen LogP contribution >= 0.6 is 0 Å². The highest BCUT2D eigenvalue weighted by atomic mass is 16.5. The molecule has 2 rings (SSSR count). The maximum atomic E-state index is 9.57. The van der Waals surface area contributed by atoms with E-state index in [-0.39, 0.29) is 6.10 Å². The minimum Gasteiger partial charge on any atom is -0.490 e. The molecule has 6 heteroatoms. The summed E-state index contributed by atoms with van der Waals surface area (Å²) in [4.78, 5) is 10.8. The second-order valence-electron chi connectivity index (χ2n) is 4.99. The van der Waals surface area contributed by atoms with Crippen molar-refractivity contribution in [2.75, 3.05) is 32.8 Å². The summed E-state index contributed by atoms with van der Waals surface area (Å²) in [6.07, 6.45) is 4.85. The van der Waals surface area contributed by atoms with Gasteiger partial charge in [-0.3, -0.25) is 4.98 Å². The summed E-state index contributed by atoms with van der Waals surface area (Å²) in [7, 11) is 0. The van der Waals surface area contributed by atoms with Crippen molar-refractivity contribution in [3.05, 3.63) is 24.5 Å². The smallest absolute Gasteiger partial charge is 0.194 e. The third-order valence-corrected chi connectivity index (χ3v) is 3.35. The Balaban J connectivity index is 1.80. The monoisotopic (exact) mass is 292 g/mol. The zero-order chi connectivity index (χ0) is 14.9. The number of aliphatic hydroxyl groups is 1. The lowest BCUT2D eigenvalue weighted by atomic mass is 10.1. The van der Waals surface area contributed by atoms with E-state index in [0.29, 0.717) is 13.2 Å². The third-order valence-electron chi connectivity index (χ3n) is 3.35. The van der Waals surface area contributed by atoms with Gasteiger partial charge >= 0.3 is 0 Å². The number of aliphatic hydroxyl groups excluding tert-OH is 1. The van der Waals surface area contributed by atoms with Gasteiger partial charge < -0.3 is 20.1 Å². The maximum Gasteiger partial charge on any atom is 0.194 e. The summed E-state index contributed by atoms with van der Waals surface area (Å²) in [5.74, 6) is 1.66. The second kappa shape index (κ2) is 8.46. The van der Waals surface area contributed by atoms with Crippen molar-refractivity contribution in [1.29, 1.82) is 0 Å². The Morgan fingerprint density at radius 3 is 3.00 bits per heavy atom. The number of guanidine groups is 1. The van der Waals surface area contributed by atoms with E-state index < -0.39 is 0 Å². The molecule has 21 heavy (non-hydrogen) atoms. The standard InChI is InChI=1S/C15H24N4O2/c1-2-17-15(19-9-5-13(20)6-10-19)18-8-11-21-14-4-3-7-16-12-14/h3-4,7,12-13,20H,2,5-6,8-11H2,1H3,(H,17,18). The molecule has 0 bridgehead atoms. The first-order chi connectivity index (χ1) is 10.3. The van der Waals surface area contributed by atoms with Gasteiger partial charge in [0.05, 0.1) is 18.8 Å². The Morgan fingerprint density at radius 2 is 2.33 bits per heavy atom. The molecule has 1 aromatic rings. The van der Waals surface area contributed by atoms with Crippen LogP contribution in [0.2, 0.25) is 0 Å². The van der Waals surface area contributed by atoms with Gasteiger partial charge in [-0.2, -0.15) is 0 Å². The van der Waals surface area contributed by atoms with Crippen molar-refractivity contribution in [3.63, 3.8) is 0 Å². The highest BCUT2D eigenvalue weighted by Crippen LogP contribution is 2.10. The Kier molecular flexibility index (Phi) is 6.27. The van der Waals surface area contributed by atoms with Crippen molar-refractivity contribution in [2.45, 2.75) is 25.9 Å². The summed E-state index contributed by atoms with van der Waals surface area (Å²) >= 11 is 0. The van der Waals surface area contributed by atoms with E-state index in [1.807, 2.05) is 12.1 Å². The van der Waals surface area contributed by atoms with Gasteiger partial charge in [0.2, 0.25) is 0 Å². The molecule has 116 valence electrons. The molecule has 0 radical (unpaired) electrons. The molecule has 0 amide bonds. The van der Waals surface area contributed by atoms with Gasteiger partial charge in [0.1, 0.15) is 12.4 Å². The van der Waals surface area contributed by atoms with Crippen molar-refractivity contribution in [2.24, 2.45) is 4.99 Å². The fourth-order valence-corrected chi connectivity index (χ4v) is 2.25. The molecule has 2 N–H and O–H groups in total. The second-order valence-corrected chi connectivity index (χ2v) is 4.99. The summed E-state index contributed by atoms with van der Waals surface area (Å²) < 4.78 is 5.58. The van der Waals surface area contributed by atoms with Crippen molar-refractivity contribution >= 4 is 5.96 Å². The van der Waals surface area contributed by atoms with Gasteiger partial charge in [-0.25, -0.2) is 4.99 Å². The SMILES string of the molecule is CCNC(=NCCOc1cccnc1)N1CCC(O)CC1. The van der Waals surface area contributed by atoms with Crippen LogP contribution in [-0.4, -0.2) is 59.8 Å². The van der Waals surface area contributed by atoms with Crippen LogP contribution in [0.3, 0.4) is 0 Å². The van der Waals surface area contributed by atoms with Gasteiger partial charge in [-0.15, -0.1) is 0 Å². The third kappa shape index (κ3) is 5.23. The molecular formula is C15H24N4O2. The molecule has 1 aromatic heterocycles. The first-order valence-electron chi connectivity index (χ1n) is 7.53. The van der Waals surface area contributed by atoms with E-state index in [0.717, 1.165) is 44.2 Å². The number of aromatic nitrogens is 1. The molecule has 0 saturated carbocycles. The van der Waals surface area contributed by atoms with E-state index in [4.69, 9.17) is 4.74 Å². The summed E-state index contributed by atoms with van der Waals surface area (Å²) in [6.45, 7) is 5.70. The van der Waals surface area contributed by atoms with Crippen molar-refractivity contribution in [1.82, 2.24) is 15.2 Å². The molecule has 0 aliphatic carbocycles. The molecule has 0 aromatic carbocycles. The minimum atomic E-state index is -0.168. The van der Waals surface area contributed by atoms with Crippen LogP contribution in [0.4, 0.5) is 0 Å². The largest absolute Gasteiger partial charge is 0.490 e. The Morgan fingerprint density at radius 1 is 1.52 bits per heavy atom. The molecular weight excluding hydrogens is 268 g/mol. The lowest BCUT2D eigenvalue weighted by Crippen LogP contribution is -2.46. The van der Waals surface area contributed by atoms with Crippen LogP contribution in [-0.2, 0) is 0 Å². The Bertz CT molecular complexity index is 431. The van der Waals surface area contributed by atoms with Crippen LogP contribution in [0.15, 0.2) is 29.5 Å². The van der Waals surface area contributed by atoms with Gasteiger partial charge in [0, 0.05) is 25.8 Å². The van der Waals surface area contributed by atoms with Crippen LogP contribution < -0.4 is 10.1 Å². The number of likely N-dealkylation sites (tertiary alicyclic amines) is 1. The fourth-order valence-electron chi connectivity index (χ4n) is 2.25. The highest BCUT2D eigenvalue weighted by molar-refractivity contribution is 5.80. The summed E-state index contributed by atoms with van der Waals surface area (Å²) in [5, 5.41) is 12.9. The number of aliphatic imine (C=N–C) groups is 1. The first-order valence-corrected chi connectivity index (χ1v) is 7.53. The lowest BCUT2D eigenvalue weighted by molar-refractivity contribution is 0.108. The van der Waals surface area contributed by atoms with Gasteiger partial charge in [0.25, 0.3) is 0 Å². The zero-order valence-electron chi connectivity index (χ0n) is 12.5.